The number of rotatable bonds is 7. The molecule has 128 valence electrons. The summed E-state index contributed by atoms with van der Waals surface area (Å²) in [5.41, 5.74) is 0.557. The Balaban J connectivity index is 1.89. The van der Waals surface area contributed by atoms with E-state index in [-0.39, 0.29) is 23.5 Å². The van der Waals surface area contributed by atoms with Crippen molar-refractivity contribution >= 4 is 23.2 Å². The van der Waals surface area contributed by atoms with Gasteiger partial charge in [0.15, 0.2) is 0 Å². The standard InChI is InChI=1S/C18H21FN2O2S/c1-12(2)16(21-17(22)15-8-5-11-24-15)18(23)20-10-9-13-6-3-4-7-14(13)19/h3-8,11-12,16H,9-10H2,1-2H3,(H,20,23)(H,21,22). The van der Waals surface area contributed by atoms with E-state index in [1.165, 1.54) is 17.4 Å². The fraction of sp³-hybridized carbons (Fsp3) is 0.333. The molecule has 2 N–H and O–H groups in total. The largest absolute Gasteiger partial charge is 0.354 e. The van der Waals surface area contributed by atoms with Crippen molar-refractivity contribution < 1.29 is 14.0 Å². The monoisotopic (exact) mass is 348 g/mol. The second-order valence-corrected chi connectivity index (χ2v) is 6.75. The number of amides is 2. The van der Waals surface area contributed by atoms with E-state index in [1.54, 1.807) is 30.3 Å². The first-order chi connectivity index (χ1) is 11.5. The summed E-state index contributed by atoms with van der Waals surface area (Å²) in [6.45, 7) is 4.06. The normalized spacial score (nSPS) is 12.0. The first-order valence-electron chi connectivity index (χ1n) is 7.84. The maximum atomic E-state index is 13.6. The Labute approximate surface area is 145 Å². The Morgan fingerprint density at radius 3 is 2.54 bits per heavy atom. The molecule has 2 amide bonds. The summed E-state index contributed by atoms with van der Waals surface area (Å²) in [5.74, 6) is -0.847. The summed E-state index contributed by atoms with van der Waals surface area (Å²) in [4.78, 5) is 25.1. The summed E-state index contributed by atoms with van der Waals surface area (Å²) in [6, 6.07) is 9.37. The van der Waals surface area contributed by atoms with Gasteiger partial charge >= 0.3 is 0 Å². The molecule has 1 heterocycles. The van der Waals surface area contributed by atoms with Gasteiger partial charge in [0.1, 0.15) is 11.9 Å². The van der Waals surface area contributed by atoms with Crippen molar-refractivity contribution in [3.8, 4) is 0 Å². The number of carbonyl (C=O) groups is 2. The number of halogens is 1. The SMILES string of the molecule is CC(C)C(NC(=O)c1cccs1)C(=O)NCCc1ccccc1F. The van der Waals surface area contributed by atoms with Crippen LogP contribution in [0.2, 0.25) is 0 Å². The highest BCUT2D eigenvalue weighted by molar-refractivity contribution is 7.12. The van der Waals surface area contributed by atoms with Crippen molar-refractivity contribution in [3.63, 3.8) is 0 Å². The van der Waals surface area contributed by atoms with Gasteiger partial charge in [-0.25, -0.2) is 4.39 Å². The second-order valence-electron chi connectivity index (χ2n) is 5.80. The molecule has 0 aliphatic carbocycles. The highest BCUT2D eigenvalue weighted by Gasteiger charge is 2.24. The highest BCUT2D eigenvalue weighted by Crippen LogP contribution is 2.11. The molecule has 0 fully saturated rings. The van der Waals surface area contributed by atoms with Crippen LogP contribution in [-0.2, 0) is 11.2 Å². The summed E-state index contributed by atoms with van der Waals surface area (Å²) >= 11 is 1.33. The Kier molecular flexibility index (Phi) is 6.49. The molecule has 2 rings (SSSR count). The lowest BCUT2D eigenvalue weighted by molar-refractivity contribution is -0.123. The number of thiophene rings is 1. The molecular formula is C18H21FN2O2S. The molecule has 1 unspecified atom stereocenters. The van der Waals surface area contributed by atoms with Gasteiger partial charge < -0.3 is 10.6 Å². The van der Waals surface area contributed by atoms with Gasteiger partial charge in [-0.2, -0.15) is 0 Å². The van der Waals surface area contributed by atoms with Crippen molar-refractivity contribution in [1.82, 2.24) is 10.6 Å². The van der Waals surface area contributed by atoms with Crippen LogP contribution in [0.25, 0.3) is 0 Å². The van der Waals surface area contributed by atoms with E-state index in [1.807, 2.05) is 19.2 Å². The molecule has 0 radical (unpaired) electrons. The van der Waals surface area contributed by atoms with Crippen LogP contribution in [0.15, 0.2) is 41.8 Å². The third kappa shape index (κ3) is 4.89. The second kappa shape index (κ2) is 8.59. The van der Waals surface area contributed by atoms with Crippen molar-refractivity contribution in [3.05, 3.63) is 58.0 Å². The minimum atomic E-state index is -0.625. The lowest BCUT2D eigenvalue weighted by Gasteiger charge is -2.21. The van der Waals surface area contributed by atoms with E-state index >= 15 is 0 Å². The number of hydrogen-bond acceptors (Lipinski definition) is 3. The molecule has 0 spiro atoms. The van der Waals surface area contributed by atoms with E-state index in [9.17, 15) is 14.0 Å². The first-order valence-corrected chi connectivity index (χ1v) is 8.72. The van der Waals surface area contributed by atoms with Gasteiger partial charge in [0, 0.05) is 6.54 Å². The van der Waals surface area contributed by atoms with Crippen molar-refractivity contribution in [1.29, 1.82) is 0 Å². The van der Waals surface area contributed by atoms with Gasteiger partial charge in [-0.1, -0.05) is 38.1 Å². The zero-order valence-corrected chi connectivity index (χ0v) is 14.5. The summed E-state index contributed by atoms with van der Waals surface area (Å²) in [7, 11) is 0. The number of carbonyl (C=O) groups excluding carboxylic acids is 2. The van der Waals surface area contributed by atoms with Crippen molar-refractivity contribution in [2.24, 2.45) is 5.92 Å². The van der Waals surface area contributed by atoms with E-state index < -0.39 is 6.04 Å². The smallest absolute Gasteiger partial charge is 0.262 e. The summed E-state index contributed by atoms with van der Waals surface area (Å²) < 4.78 is 13.6. The van der Waals surface area contributed by atoms with Crippen LogP contribution in [0.3, 0.4) is 0 Å². The van der Waals surface area contributed by atoms with Gasteiger partial charge in [0.2, 0.25) is 5.91 Å². The minimum absolute atomic E-state index is 0.0534. The molecule has 4 nitrogen and oxygen atoms in total. The Hall–Kier alpha value is -2.21. The van der Waals surface area contributed by atoms with E-state index in [4.69, 9.17) is 0 Å². The van der Waals surface area contributed by atoms with Gasteiger partial charge in [-0.05, 0) is 35.4 Å². The maximum Gasteiger partial charge on any atom is 0.262 e. The quantitative estimate of drug-likeness (QED) is 0.808. The van der Waals surface area contributed by atoms with Crippen molar-refractivity contribution in [2.45, 2.75) is 26.3 Å². The first kappa shape index (κ1) is 18.1. The molecule has 24 heavy (non-hydrogen) atoms. The van der Waals surface area contributed by atoms with Gasteiger partial charge in [-0.3, -0.25) is 9.59 Å². The number of benzene rings is 1. The zero-order valence-electron chi connectivity index (χ0n) is 13.7. The molecule has 2 aromatic rings. The fourth-order valence-corrected chi connectivity index (χ4v) is 2.91. The van der Waals surface area contributed by atoms with Crippen LogP contribution in [0.4, 0.5) is 4.39 Å². The van der Waals surface area contributed by atoms with Crippen LogP contribution in [0, 0.1) is 11.7 Å². The molecule has 0 bridgehead atoms. The lowest BCUT2D eigenvalue weighted by Crippen LogP contribution is -2.49. The summed E-state index contributed by atoms with van der Waals surface area (Å²) in [5, 5.41) is 7.35. The average molecular weight is 348 g/mol. The average Bonchev–Trinajstić information content (AvgIpc) is 3.08. The van der Waals surface area contributed by atoms with Crippen LogP contribution in [0.5, 0.6) is 0 Å². The third-order valence-electron chi connectivity index (χ3n) is 3.63. The van der Waals surface area contributed by atoms with Crippen LogP contribution in [-0.4, -0.2) is 24.4 Å². The molecular weight excluding hydrogens is 327 g/mol. The zero-order chi connectivity index (χ0) is 17.5. The van der Waals surface area contributed by atoms with Crippen LogP contribution in [0.1, 0.15) is 29.1 Å². The molecule has 1 aromatic heterocycles. The molecule has 0 aliphatic rings. The van der Waals surface area contributed by atoms with E-state index in [2.05, 4.69) is 10.6 Å². The molecule has 0 saturated heterocycles. The van der Waals surface area contributed by atoms with E-state index in [0.717, 1.165) is 0 Å². The molecule has 0 aliphatic heterocycles. The Morgan fingerprint density at radius 2 is 1.92 bits per heavy atom. The molecule has 1 aromatic carbocycles. The van der Waals surface area contributed by atoms with Gasteiger partial charge in [0.05, 0.1) is 4.88 Å². The van der Waals surface area contributed by atoms with Gasteiger partial charge in [-0.15, -0.1) is 11.3 Å². The van der Waals surface area contributed by atoms with Crippen LogP contribution >= 0.6 is 11.3 Å². The van der Waals surface area contributed by atoms with Crippen molar-refractivity contribution in [2.75, 3.05) is 6.54 Å². The predicted octanol–water partition coefficient (Wildman–Crippen LogP) is 3.00. The maximum absolute atomic E-state index is 13.6. The molecule has 0 saturated carbocycles. The molecule has 1 atom stereocenters. The number of nitrogens with one attached hydrogen (secondary N) is 2. The minimum Gasteiger partial charge on any atom is -0.354 e. The van der Waals surface area contributed by atoms with Gasteiger partial charge in [0.25, 0.3) is 5.91 Å². The highest BCUT2D eigenvalue weighted by atomic mass is 32.1. The third-order valence-corrected chi connectivity index (χ3v) is 4.50. The lowest BCUT2D eigenvalue weighted by atomic mass is 10.0. The summed E-state index contributed by atoms with van der Waals surface area (Å²) in [6.07, 6.45) is 0.405. The predicted molar refractivity (Wildman–Crippen MR) is 93.5 cm³/mol. The van der Waals surface area contributed by atoms with Crippen LogP contribution < -0.4 is 10.6 Å². The fourth-order valence-electron chi connectivity index (χ4n) is 2.29. The van der Waals surface area contributed by atoms with E-state index in [0.29, 0.717) is 23.4 Å². The topological polar surface area (TPSA) is 58.2 Å². The Morgan fingerprint density at radius 1 is 1.17 bits per heavy atom. The molecule has 6 heteroatoms. The Bertz CT molecular complexity index is 686. The number of hydrogen-bond donors (Lipinski definition) is 2.